The summed E-state index contributed by atoms with van der Waals surface area (Å²) in [6.45, 7) is 12.7. The number of piperidine rings is 1. The molecule has 1 aromatic rings. The maximum Gasteiger partial charge on any atom is 0.341 e. The summed E-state index contributed by atoms with van der Waals surface area (Å²) >= 11 is 17.7. The molecule has 1 atom stereocenters. The van der Waals surface area contributed by atoms with Gasteiger partial charge < -0.3 is 4.74 Å². The smallest absolute Gasteiger partial charge is 0.341 e. The van der Waals surface area contributed by atoms with E-state index in [-0.39, 0.29) is 17.2 Å². The van der Waals surface area contributed by atoms with Crippen molar-refractivity contribution >= 4 is 39.2 Å². The van der Waals surface area contributed by atoms with E-state index in [1.807, 2.05) is 0 Å². The molecule has 0 N–H and O–H groups in total. The predicted molar refractivity (Wildman–Crippen MR) is 136 cm³/mol. The lowest BCUT2D eigenvalue weighted by Crippen LogP contribution is -2.58. The van der Waals surface area contributed by atoms with Crippen molar-refractivity contribution in [2.24, 2.45) is 0 Å². The molecule has 1 unspecified atom stereocenters. The molecule has 1 saturated heterocycles. The lowest BCUT2D eigenvalue weighted by atomic mass is 9.82. The van der Waals surface area contributed by atoms with Crippen LogP contribution in [0.3, 0.4) is 0 Å². The monoisotopic (exact) mass is 507 g/mol. The van der Waals surface area contributed by atoms with Gasteiger partial charge in [0.2, 0.25) is 0 Å². The Balaban J connectivity index is 1.72. The number of halogens is 3. The van der Waals surface area contributed by atoms with Gasteiger partial charge in [-0.15, -0.1) is 33.2 Å². The van der Waals surface area contributed by atoms with Gasteiger partial charge in [-0.3, -0.25) is 4.84 Å². The molecule has 1 heterocycles. The van der Waals surface area contributed by atoms with Crippen molar-refractivity contribution in [2.45, 2.75) is 109 Å². The fourth-order valence-corrected chi connectivity index (χ4v) is 6.29. The van der Waals surface area contributed by atoms with Crippen molar-refractivity contribution in [3.8, 4) is 0 Å². The number of ether oxygens (including phenoxy) is 1. The fourth-order valence-electron chi connectivity index (χ4n) is 4.44. The van der Waals surface area contributed by atoms with Crippen LogP contribution in [0.2, 0.25) is 6.04 Å². The molecular weight excluding hydrogens is 469 g/mol. The van der Waals surface area contributed by atoms with E-state index in [2.05, 4.69) is 63.9 Å². The first kappa shape index (κ1) is 27.4. The summed E-state index contributed by atoms with van der Waals surface area (Å²) in [5.41, 5.74) is 2.48. The Morgan fingerprint density at radius 2 is 1.52 bits per heavy atom. The van der Waals surface area contributed by atoms with Crippen molar-refractivity contribution in [3.63, 3.8) is 0 Å². The zero-order chi connectivity index (χ0) is 23.1. The molecular formula is C24H40Cl3NO2Si. The molecule has 1 aliphatic heterocycles. The van der Waals surface area contributed by atoms with Crippen LogP contribution in [0.1, 0.15) is 96.8 Å². The highest BCUT2D eigenvalue weighted by molar-refractivity contribution is 7.64. The van der Waals surface area contributed by atoms with E-state index in [0.29, 0.717) is 6.61 Å². The van der Waals surface area contributed by atoms with Crippen LogP contribution in [-0.2, 0) is 16.2 Å². The molecule has 0 aromatic heterocycles. The van der Waals surface area contributed by atoms with Crippen molar-refractivity contribution in [3.05, 3.63) is 35.4 Å². The van der Waals surface area contributed by atoms with Crippen LogP contribution >= 0.6 is 33.2 Å². The maximum atomic E-state index is 6.49. The van der Waals surface area contributed by atoms with Gasteiger partial charge in [0.15, 0.2) is 0 Å². The highest BCUT2D eigenvalue weighted by atomic mass is 35.8. The summed E-state index contributed by atoms with van der Waals surface area (Å²) in [6.07, 6.45) is 7.85. The minimum atomic E-state index is -2.44. The topological polar surface area (TPSA) is 21.7 Å². The Kier molecular flexibility index (Phi) is 10.7. The van der Waals surface area contributed by atoms with Gasteiger partial charge in [-0.05, 0) is 77.5 Å². The van der Waals surface area contributed by atoms with Crippen LogP contribution in [0.5, 0.6) is 0 Å². The molecule has 0 amide bonds. The molecule has 1 fully saturated rings. The molecule has 0 aliphatic carbocycles. The van der Waals surface area contributed by atoms with E-state index < -0.39 is 6.00 Å². The third kappa shape index (κ3) is 9.52. The molecule has 1 aromatic carbocycles. The summed E-state index contributed by atoms with van der Waals surface area (Å²) < 4.78 is 5.83. The SMILES string of the molecule is CC(ON1C(C)(C)CCCC1(C)C)c1ccc(COCCCCCC[Si](Cl)(Cl)Cl)cc1. The van der Waals surface area contributed by atoms with Crippen molar-refractivity contribution in [1.29, 1.82) is 0 Å². The van der Waals surface area contributed by atoms with Crippen LogP contribution in [0.15, 0.2) is 24.3 Å². The quantitative estimate of drug-likeness (QED) is 0.160. The van der Waals surface area contributed by atoms with Crippen LogP contribution < -0.4 is 0 Å². The van der Waals surface area contributed by atoms with Gasteiger partial charge in [-0.2, -0.15) is 5.06 Å². The zero-order valence-electron chi connectivity index (χ0n) is 19.9. The Hall–Kier alpha value is 0.187. The van der Waals surface area contributed by atoms with Gasteiger partial charge in [-0.25, -0.2) is 0 Å². The highest BCUT2D eigenvalue weighted by Crippen LogP contribution is 2.40. The molecule has 3 nitrogen and oxygen atoms in total. The first-order valence-electron chi connectivity index (χ1n) is 11.6. The third-order valence-corrected chi connectivity index (χ3v) is 8.78. The predicted octanol–water partition coefficient (Wildman–Crippen LogP) is 8.45. The Labute approximate surface area is 204 Å². The summed E-state index contributed by atoms with van der Waals surface area (Å²) in [6, 6.07) is 6.92. The van der Waals surface area contributed by atoms with Crippen LogP contribution in [0.25, 0.3) is 0 Å². The van der Waals surface area contributed by atoms with Gasteiger partial charge in [-0.1, -0.05) is 43.5 Å². The van der Waals surface area contributed by atoms with E-state index in [0.717, 1.165) is 51.2 Å². The van der Waals surface area contributed by atoms with Crippen LogP contribution in [0.4, 0.5) is 0 Å². The molecule has 1 aliphatic rings. The zero-order valence-corrected chi connectivity index (χ0v) is 23.1. The van der Waals surface area contributed by atoms with E-state index in [1.54, 1.807) is 0 Å². The van der Waals surface area contributed by atoms with E-state index in [9.17, 15) is 0 Å². The second kappa shape index (κ2) is 12.1. The molecule has 2 rings (SSSR count). The number of hydrogen-bond donors (Lipinski definition) is 0. The summed E-state index contributed by atoms with van der Waals surface area (Å²) in [5.74, 6) is 0. The van der Waals surface area contributed by atoms with E-state index in [4.69, 9.17) is 42.8 Å². The number of rotatable bonds is 12. The van der Waals surface area contributed by atoms with E-state index >= 15 is 0 Å². The second-order valence-electron chi connectivity index (χ2n) is 10.1. The van der Waals surface area contributed by atoms with Crippen LogP contribution in [-0.4, -0.2) is 28.8 Å². The average molecular weight is 509 g/mol. The average Bonchev–Trinajstić information content (AvgIpc) is 2.66. The minimum absolute atomic E-state index is 0.0161. The molecule has 31 heavy (non-hydrogen) atoms. The van der Waals surface area contributed by atoms with Crippen LogP contribution in [0, 0.1) is 0 Å². The first-order valence-corrected chi connectivity index (χ1v) is 16.9. The van der Waals surface area contributed by atoms with Gasteiger partial charge in [0.1, 0.15) is 6.10 Å². The normalized spacial score (nSPS) is 20.0. The van der Waals surface area contributed by atoms with Gasteiger partial charge in [0.25, 0.3) is 0 Å². The lowest BCUT2D eigenvalue weighted by molar-refractivity contribution is -0.304. The maximum absolute atomic E-state index is 6.49. The Morgan fingerprint density at radius 1 is 0.935 bits per heavy atom. The number of benzene rings is 1. The molecule has 0 bridgehead atoms. The van der Waals surface area contributed by atoms with Crippen molar-refractivity contribution in [2.75, 3.05) is 6.61 Å². The Bertz CT molecular complexity index is 646. The van der Waals surface area contributed by atoms with Gasteiger partial charge in [0, 0.05) is 17.7 Å². The Morgan fingerprint density at radius 3 is 2.10 bits per heavy atom. The summed E-state index contributed by atoms with van der Waals surface area (Å²) in [4.78, 5) is 6.49. The number of nitrogens with zero attached hydrogens (tertiary/aromatic N) is 1. The molecule has 178 valence electrons. The van der Waals surface area contributed by atoms with Gasteiger partial charge in [0.05, 0.1) is 6.61 Å². The van der Waals surface area contributed by atoms with Crippen molar-refractivity contribution < 1.29 is 9.57 Å². The second-order valence-corrected chi connectivity index (χ2v) is 19.4. The molecule has 0 spiro atoms. The molecule has 7 heteroatoms. The van der Waals surface area contributed by atoms with Crippen molar-refractivity contribution in [1.82, 2.24) is 5.06 Å². The fraction of sp³-hybridized carbons (Fsp3) is 0.750. The minimum Gasteiger partial charge on any atom is -0.377 e. The molecule has 0 radical (unpaired) electrons. The largest absolute Gasteiger partial charge is 0.377 e. The lowest BCUT2D eigenvalue weighted by Gasteiger charge is -2.52. The number of unbranched alkanes of at least 4 members (excludes halogenated alkanes) is 3. The first-order chi connectivity index (χ1) is 14.4. The number of hydrogen-bond acceptors (Lipinski definition) is 3. The van der Waals surface area contributed by atoms with E-state index in [1.165, 1.54) is 17.5 Å². The third-order valence-electron chi connectivity index (χ3n) is 6.16. The summed E-state index contributed by atoms with van der Waals surface area (Å²) in [7, 11) is 0. The highest BCUT2D eigenvalue weighted by Gasteiger charge is 2.43. The molecule has 0 saturated carbocycles. The van der Waals surface area contributed by atoms with Gasteiger partial charge >= 0.3 is 6.00 Å². The summed E-state index contributed by atoms with van der Waals surface area (Å²) in [5, 5.41) is 2.24. The number of hydroxylamine groups is 2. The standard InChI is InChI=1S/C24H40Cl3NO2Si/c1-20(30-28-23(2,3)15-10-16-24(28,4)5)22-13-11-21(12-14-22)19-29-17-8-6-7-9-18-31(25,26)27/h11-14,20H,6-10,15-19H2,1-5H3.